The third-order valence-corrected chi connectivity index (χ3v) is 2.94. The first kappa shape index (κ1) is 11.6. The van der Waals surface area contributed by atoms with E-state index in [0.29, 0.717) is 6.04 Å². The Kier molecular flexibility index (Phi) is 3.91. The predicted octanol–water partition coefficient (Wildman–Crippen LogP) is 2.44. The highest BCUT2D eigenvalue weighted by molar-refractivity contribution is 5.16. The Balaban J connectivity index is 1.91. The molecule has 3 heteroatoms. The number of hydrogen-bond acceptors (Lipinski definition) is 2. The summed E-state index contributed by atoms with van der Waals surface area (Å²) < 4.78 is 17.9. The van der Waals surface area contributed by atoms with E-state index >= 15 is 0 Å². The lowest BCUT2D eigenvalue weighted by Gasteiger charge is -2.21. The number of methoxy groups -OCH3 is 1. The molecular weight excluding hydrogens is 205 g/mol. The van der Waals surface area contributed by atoms with Crippen LogP contribution in [0.5, 0.6) is 0 Å². The molecule has 1 aromatic carbocycles. The second kappa shape index (κ2) is 5.41. The van der Waals surface area contributed by atoms with Crippen molar-refractivity contribution in [2.45, 2.75) is 25.4 Å². The molecule has 0 radical (unpaired) electrons. The van der Waals surface area contributed by atoms with Gasteiger partial charge in [-0.3, -0.25) is 4.90 Å². The molecule has 0 heterocycles. The van der Waals surface area contributed by atoms with Gasteiger partial charge in [-0.15, -0.1) is 0 Å². The highest BCUT2D eigenvalue weighted by Crippen LogP contribution is 2.27. The van der Waals surface area contributed by atoms with Crippen LogP contribution in [0.3, 0.4) is 0 Å². The van der Waals surface area contributed by atoms with Crippen LogP contribution in [0.2, 0.25) is 0 Å². The summed E-state index contributed by atoms with van der Waals surface area (Å²) in [5.74, 6) is -0.168. The molecule has 16 heavy (non-hydrogen) atoms. The molecule has 0 spiro atoms. The lowest BCUT2D eigenvalue weighted by molar-refractivity contribution is 0.139. The topological polar surface area (TPSA) is 12.5 Å². The first-order valence-electron chi connectivity index (χ1n) is 5.77. The largest absolute Gasteiger partial charge is 0.383 e. The van der Waals surface area contributed by atoms with Gasteiger partial charge in [0.25, 0.3) is 0 Å². The van der Waals surface area contributed by atoms with Crippen LogP contribution in [0.25, 0.3) is 0 Å². The fourth-order valence-corrected chi connectivity index (χ4v) is 1.86. The molecule has 1 fully saturated rings. The van der Waals surface area contributed by atoms with Crippen molar-refractivity contribution in [2.75, 3.05) is 20.3 Å². The van der Waals surface area contributed by atoms with Crippen LogP contribution in [-0.4, -0.2) is 31.2 Å². The van der Waals surface area contributed by atoms with Gasteiger partial charge in [0, 0.05) is 26.2 Å². The summed E-state index contributed by atoms with van der Waals surface area (Å²) in [7, 11) is 1.73. The van der Waals surface area contributed by atoms with Crippen molar-refractivity contribution >= 4 is 0 Å². The van der Waals surface area contributed by atoms with Crippen LogP contribution >= 0.6 is 0 Å². The summed E-state index contributed by atoms with van der Waals surface area (Å²) in [5.41, 5.74) is 1.17. The van der Waals surface area contributed by atoms with Crippen LogP contribution in [0, 0.1) is 5.82 Å². The number of halogens is 1. The zero-order valence-electron chi connectivity index (χ0n) is 9.66. The summed E-state index contributed by atoms with van der Waals surface area (Å²) in [6.45, 7) is 2.62. The zero-order valence-corrected chi connectivity index (χ0v) is 9.66. The predicted molar refractivity (Wildman–Crippen MR) is 61.7 cm³/mol. The summed E-state index contributed by atoms with van der Waals surface area (Å²) in [6, 6.07) is 7.47. The molecule has 88 valence electrons. The fraction of sp³-hybridized carbons (Fsp3) is 0.538. The van der Waals surface area contributed by atoms with E-state index in [1.807, 2.05) is 12.1 Å². The van der Waals surface area contributed by atoms with E-state index in [-0.39, 0.29) is 5.82 Å². The molecule has 0 unspecified atom stereocenters. The van der Waals surface area contributed by atoms with Crippen molar-refractivity contribution in [1.82, 2.24) is 4.90 Å². The van der Waals surface area contributed by atoms with Gasteiger partial charge in [-0.05, 0) is 30.5 Å². The lowest BCUT2D eigenvalue weighted by Crippen LogP contribution is -2.29. The summed E-state index contributed by atoms with van der Waals surface area (Å²) in [5, 5.41) is 0. The SMILES string of the molecule is COCCN(Cc1ccc(F)cc1)C1CC1. The first-order valence-corrected chi connectivity index (χ1v) is 5.77. The van der Waals surface area contributed by atoms with E-state index in [9.17, 15) is 4.39 Å². The average molecular weight is 223 g/mol. The third-order valence-electron chi connectivity index (χ3n) is 2.94. The third kappa shape index (κ3) is 3.29. The highest BCUT2D eigenvalue weighted by atomic mass is 19.1. The number of hydrogen-bond donors (Lipinski definition) is 0. The van der Waals surface area contributed by atoms with E-state index in [2.05, 4.69) is 4.90 Å². The molecular formula is C13H18FNO. The van der Waals surface area contributed by atoms with Crippen LogP contribution in [0.15, 0.2) is 24.3 Å². The Morgan fingerprint density at radius 3 is 2.56 bits per heavy atom. The van der Waals surface area contributed by atoms with E-state index in [1.54, 1.807) is 7.11 Å². The Labute approximate surface area is 96.0 Å². The fourth-order valence-electron chi connectivity index (χ4n) is 1.86. The van der Waals surface area contributed by atoms with Gasteiger partial charge in [0.05, 0.1) is 6.61 Å². The van der Waals surface area contributed by atoms with Gasteiger partial charge in [0.1, 0.15) is 5.82 Å². The van der Waals surface area contributed by atoms with E-state index < -0.39 is 0 Å². The Morgan fingerprint density at radius 1 is 1.31 bits per heavy atom. The monoisotopic (exact) mass is 223 g/mol. The molecule has 0 aromatic heterocycles. The minimum Gasteiger partial charge on any atom is -0.383 e. The molecule has 1 aliphatic rings. The summed E-state index contributed by atoms with van der Waals surface area (Å²) >= 11 is 0. The maximum Gasteiger partial charge on any atom is 0.123 e. The number of nitrogens with zero attached hydrogens (tertiary/aromatic N) is 1. The minimum atomic E-state index is -0.168. The number of rotatable bonds is 6. The quantitative estimate of drug-likeness (QED) is 0.734. The van der Waals surface area contributed by atoms with Crippen molar-refractivity contribution in [2.24, 2.45) is 0 Å². The molecule has 1 saturated carbocycles. The molecule has 0 amide bonds. The average Bonchev–Trinajstić information content (AvgIpc) is 3.11. The molecule has 1 aliphatic carbocycles. The molecule has 2 rings (SSSR count). The van der Waals surface area contributed by atoms with E-state index in [4.69, 9.17) is 4.74 Å². The maximum atomic E-state index is 12.8. The van der Waals surface area contributed by atoms with Gasteiger partial charge in [-0.1, -0.05) is 12.1 Å². The lowest BCUT2D eigenvalue weighted by atomic mass is 10.2. The van der Waals surface area contributed by atoms with Gasteiger partial charge in [-0.2, -0.15) is 0 Å². The molecule has 1 aromatic rings. The Hall–Kier alpha value is -0.930. The zero-order chi connectivity index (χ0) is 11.4. The van der Waals surface area contributed by atoms with Crippen LogP contribution < -0.4 is 0 Å². The van der Waals surface area contributed by atoms with Crippen molar-refractivity contribution in [1.29, 1.82) is 0 Å². The van der Waals surface area contributed by atoms with Gasteiger partial charge in [0.2, 0.25) is 0 Å². The molecule has 0 N–H and O–H groups in total. The second-order valence-electron chi connectivity index (χ2n) is 4.32. The molecule has 0 saturated heterocycles. The highest BCUT2D eigenvalue weighted by Gasteiger charge is 2.28. The van der Waals surface area contributed by atoms with Gasteiger partial charge in [0.15, 0.2) is 0 Å². The summed E-state index contributed by atoms with van der Waals surface area (Å²) in [4.78, 5) is 2.41. The van der Waals surface area contributed by atoms with Crippen LogP contribution in [-0.2, 0) is 11.3 Å². The smallest absolute Gasteiger partial charge is 0.123 e. The second-order valence-corrected chi connectivity index (χ2v) is 4.32. The van der Waals surface area contributed by atoms with E-state index in [1.165, 1.54) is 30.5 Å². The first-order chi connectivity index (χ1) is 7.79. The van der Waals surface area contributed by atoms with Crippen LogP contribution in [0.4, 0.5) is 4.39 Å². The van der Waals surface area contributed by atoms with Crippen molar-refractivity contribution in [3.63, 3.8) is 0 Å². The molecule has 2 nitrogen and oxygen atoms in total. The van der Waals surface area contributed by atoms with E-state index in [0.717, 1.165) is 19.7 Å². The minimum absolute atomic E-state index is 0.168. The Morgan fingerprint density at radius 2 is 2.00 bits per heavy atom. The molecule has 0 atom stereocenters. The Bertz CT molecular complexity index is 321. The number of ether oxygens (including phenoxy) is 1. The maximum absolute atomic E-state index is 12.8. The van der Waals surface area contributed by atoms with Gasteiger partial charge in [-0.25, -0.2) is 4.39 Å². The van der Waals surface area contributed by atoms with Crippen molar-refractivity contribution in [3.8, 4) is 0 Å². The number of benzene rings is 1. The molecule has 0 bridgehead atoms. The molecule has 0 aliphatic heterocycles. The normalized spacial score (nSPS) is 15.7. The van der Waals surface area contributed by atoms with Crippen LogP contribution in [0.1, 0.15) is 18.4 Å². The van der Waals surface area contributed by atoms with Crippen molar-refractivity contribution < 1.29 is 9.13 Å². The van der Waals surface area contributed by atoms with Crippen molar-refractivity contribution in [3.05, 3.63) is 35.6 Å². The van der Waals surface area contributed by atoms with Gasteiger partial charge >= 0.3 is 0 Å². The summed E-state index contributed by atoms with van der Waals surface area (Å²) in [6.07, 6.45) is 2.57. The van der Waals surface area contributed by atoms with Gasteiger partial charge < -0.3 is 4.74 Å². The standard InChI is InChI=1S/C13H18FNO/c1-16-9-8-15(13-6-7-13)10-11-2-4-12(14)5-3-11/h2-5,13H,6-10H2,1H3.